The van der Waals surface area contributed by atoms with E-state index in [0.29, 0.717) is 32.9 Å². The molecular formula is C11H27NO4Si. The van der Waals surface area contributed by atoms with Gasteiger partial charge >= 0.3 is 8.80 Å². The number of nitrogens with zero attached hydrogens (tertiary/aromatic N) is 1. The van der Waals surface area contributed by atoms with Crippen molar-refractivity contribution in [2.45, 2.75) is 40.2 Å². The van der Waals surface area contributed by atoms with Crippen molar-refractivity contribution in [2.24, 2.45) is 0 Å². The van der Waals surface area contributed by atoms with Crippen molar-refractivity contribution in [3.63, 3.8) is 0 Å². The van der Waals surface area contributed by atoms with Crippen LogP contribution in [0.25, 0.3) is 0 Å². The zero-order valence-electron chi connectivity index (χ0n) is 11.6. The minimum atomic E-state index is -2.51. The Bertz CT molecular complexity index is 166. The molecule has 0 rings (SSSR count). The fourth-order valence-corrected chi connectivity index (χ4v) is 4.23. The van der Waals surface area contributed by atoms with Crippen LogP contribution in [0.2, 0.25) is 6.04 Å². The summed E-state index contributed by atoms with van der Waals surface area (Å²) in [6.07, 6.45) is 0.816. The van der Waals surface area contributed by atoms with Gasteiger partial charge in [-0.1, -0.05) is 6.92 Å². The molecule has 0 heterocycles. The molecule has 6 heteroatoms. The van der Waals surface area contributed by atoms with Crippen molar-refractivity contribution in [3.8, 4) is 0 Å². The van der Waals surface area contributed by atoms with Crippen molar-refractivity contribution in [1.29, 1.82) is 0 Å². The van der Waals surface area contributed by atoms with Gasteiger partial charge in [0.2, 0.25) is 0 Å². The van der Waals surface area contributed by atoms with Crippen molar-refractivity contribution < 1.29 is 18.5 Å². The Hall–Kier alpha value is 0.0169. The summed E-state index contributed by atoms with van der Waals surface area (Å²) in [5.74, 6) is 0. The average Bonchev–Trinajstić information content (AvgIpc) is 2.30. The van der Waals surface area contributed by atoms with Gasteiger partial charge in [0.1, 0.15) is 0 Å². The largest absolute Gasteiger partial charge is 0.500 e. The van der Waals surface area contributed by atoms with Gasteiger partial charge in [-0.2, -0.15) is 5.06 Å². The van der Waals surface area contributed by atoms with E-state index in [1.165, 1.54) is 5.06 Å². The molecule has 0 atom stereocenters. The van der Waals surface area contributed by atoms with Gasteiger partial charge in [-0.15, -0.1) is 0 Å². The van der Waals surface area contributed by atoms with Gasteiger partial charge in [-0.25, -0.2) is 0 Å². The Morgan fingerprint density at radius 2 is 1.41 bits per heavy atom. The first-order valence-electron chi connectivity index (χ1n) is 6.49. The molecule has 1 N–H and O–H groups in total. The topological polar surface area (TPSA) is 51.2 Å². The molecule has 0 fully saturated rings. The van der Waals surface area contributed by atoms with Crippen LogP contribution in [-0.4, -0.2) is 52.0 Å². The first-order chi connectivity index (χ1) is 8.14. The number of hydrogen-bond acceptors (Lipinski definition) is 5. The predicted molar refractivity (Wildman–Crippen MR) is 69.1 cm³/mol. The molecule has 5 nitrogen and oxygen atoms in total. The summed E-state index contributed by atoms with van der Waals surface area (Å²) in [5.41, 5.74) is 0. The lowest BCUT2D eigenvalue weighted by atomic mass is 10.5. The maximum absolute atomic E-state index is 9.37. The lowest BCUT2D eigenvalue weighted by Crippen LogP contribution is -2.46. The molecule has 0 aliphatic heterocycles. The van der Waals surface area contributed by atoms with Crippen molar-refractivity contribution >= 4 is 8.80 Å². The Labute approximate surface area is 106 Å². The van der Waals surface area contributed by atoms with Gasteiger partial charge in [0.25, 0.3) is 0 Å². The van der Waals surface area contributed by atoms with Crippen LogP contribution in [0.15, 0.2) is 0 Å². The van der Waals surface area contributed by atoms with E-state index in [4.69, 9.17) is 13.3 Å². The second kappa shape index (κ2) is 9.99. The summed E-state index contributed by atoms with van der Waals surface area (Å²) < 4.78 is 17.2. The fourth-order valence-electron chi connectivity index (χ4n) is 1.64. The summed E-state index contributed by atoms with van der Waals surface area (Å²) in [7, 11) is -2.51. The van der Waals surface area contributed by atoms with E-state index in [2.05, 4.69) is 0 Å². The zero-order valence-corrected chi connectivity index (χ0v) is 12.6. The maximum Gasteiger partial charge on any atom is 0.500 e. The predicted octanol–water partition coefficient (Wildman–Crippen LogP) is 2.14. The van der Waals surface area contributed by atoms with Gasteiger partial charge in [-0.05, 0) is 27.2 Å². The van der Waals surface area contributed by atoms with Crippen molar-refractivity contribution in [2.75, 3.05) is 32.9 Å². The first kappa shape index (κ1) is 17.0. The molecule has 0 radical (unpaired) electrons. The lowest BCUT2D eigenvalue weighted by Gasteiger charge is -2.28. The quantitative estimate of drug-likeness (QED) is 0.458. The van der Waals surface area contributed by atoms with Crippen LogP contribution in [0, 0.1) is 0 Å². The molecular weight excluding hydrogens is 238 g/mol. The second-order valence-electron chi connectivity index (χ2n) is 3.63. The van der Waals surface area contributed by atoms with E-state index in [-0.39, 0.29) is 0 Å². The zero-order chi connectivity index (χ0) is 13.1. The molecule has 0 amide bonds. The molecule has 0 aromatic rings. The van der Waals surface area contributed by atoms with Crippen LogP contribution in [0.4, 0.5) is 0 Å². The molecule has 0 aromatic carbocycles. The summed E-state index contributed by atoms with van der Waals surface area (Å²) in [6.45, 7) is 10.8. The third-order valence-electron chi connectivity index (χ3n) is 2.36. The van der Waals surface area contributed by atoms with Crippen LogP contribution >= 0.6 is 0 Å². The molecule has 0 aromatic heterocycles. The van der Waals surface area contributed by atoms with E-state index in [0.717, 1.165) is 12.5 Å². The van der Waals surface area contributed by atoms with Gasteiger partial charge in [0, 0.05) is 39.0 Å². The van der Waals surface area contributed by atoms with E-state index < -0.39 is 8.80 Å². The summed E-state index contributed by atoms with van der Waals surface area (Å²) >= 11 is 0. The van der Waals surface area contributed by atoms with E-state index in [1.54, 1.807) is 0 Å². The van der Waals surface area contributed by atoms with E-state index in [9.17, 15) is 5.21 Å². The van der Waals surface area contributed by atoms with E-state index >= 15 is 0 Å². The Kier molecular flexibility index (Phi) is 10.00. The summed E-state index contributed by atoms with van der Waals surface area (Å²) in [6, 6.07) is 0.750. The molecule has 0 saturated heterocycles. The minimum absolute atomic E-state index is 0.600. The molecule has 0 unspecified atom stereocenters. The van der Waals surface area contributed by atoms with Crippen LogP contribution in [0.3, 0.4) is 0 Å². The highest BCUT2D eigenvalue weighted by atomic mass is 28.4. The molecule has 0 saturated carbocycles. The molecule has 0 aliphatic rings. The summed E-state index contributed by atoms with van der Waals surface area (Å²) in [5, 5.41) is 10.7. The lowest BCUT2D eigenvalue weighted by molar-refractivity contribution is -0.0864. The highest BCUT2D eigenvalue weighted by Crippen LogP contribution is 2.18. The van der Waals surface area contributed by atoms with Gasteiger partial charge in [0.05, 0.1) is 0 Å². The van der Waals surface area contributed by atoms with Crippen molar-refractivity contribution in [1.82, 2.24) is 5.06 Å². The Balaban J connectivity index is 4.23. The van der Waals surface area contributed by atoms with Gasteiger partial charge in [0.15, 0.2) is 0 Å². The number of hydrogen-bond donors (Lipinski definition) is 1. The normalized spacial score (nSPS) is 12.4. The second-order valence-corrected chi connectivity index (χ2v) is 6.36. The Morgan fingerprint density at radius 3 is 1.76 bits per heavy atom. The van der Waals surface area contributed by atoms with Crippen LogP contribution in [0.1, 0.15) is 34.1 Å². The first-order valence-corrected chi connectivity index (χ1v) is 8.42. The number of hydroxylamine groups is 2. The minimum Gasteiger partial charge on any atom is -0.374 e. The fraction of sp³-hybridized carbons (Fsp3) is 1.00. The van der Waals surface area contributed by atoms with Gasteiger partial charge < -0.3 is 18.5 Å². The maximum atomic E-state index is 9.37. The SMILES string of the molecule is CCO[Si](CCCN(O)CC)(OCC)OCC. The monoisotopic (exact) mass is 265 g/mol. The molecule has 17 heavy (non-hydrogen) atoms. The highest BCUT2D eigenvalue weighted by molar-refractivity contribution is 6.60. The third kappa shape index (κ3) is 7.12. The smallest absolute Gasteiger partial charge is 0.374 e. The molecule has 0 spiro atoms. The van der Waals surface area contributed by atoms with Crippen LogP contribution in [0.5, 0.6) is 0 Å². The highest BCUT2D eigenvalue weighted by Gasteiger charge is 2.39. The van der Waals surface area contributed by atoms with Crippen molar-refractivity contribution in [3.05, 3.63) is 0 Å². The van der Waals surface area contributed by atoms with Gasteiger partial charge in [-0.3, -0.25) is 0 Å². The third-order valence-corrected chi connectivity index (χ3v) is 5.51. The molecule has 104 valence electrons. The van der Waals surface area contributed by atoms with Crippen LogP contribution in [-0.2, 0) is 13.3 Å². The standard InChI is InChI=1S/C11H27NO4Si/c1-5-12(13)10-9-11-17(14-6-2,15-7-3)16-8-4/h13H,5-11H2,1-4H3. The van der Waals surface area contributed by atoms with E-state index in [1.807, 2.05) is 27.7 Å². The summed E-state index contributed by atoms with van der Waals surface area (Å²) in [4.78, 5) is 0. The Morgan fingerprint density at radius 1 is 0.941 bits per heavy atom. The average molecular weight is 265 g/mol. The van der Waals surface area contributed by atoms with Crippen LogP contribution < -0.4 is 0 Å². The number of rotatable bonds is 11. The molecule has 0 aliphatic carbocycles. The molecule has 0 bridgehead atoms.